The minimum absolute atomic E-state index is 0.886. The average molecular weight is 196 g/mol. The molecule has 7 nitrogen and oxygen atoms in total. The zero-order valence-electron chi connectivity index (χ0n) is 7.47. The quantitative estimate of drug-likeness (QED) is 0.452. The van der Waals surface area contributed by atoms with Crippen molar-refractivity contribution in [1.82, 2.24) is 0 Å². The van der Waals surface area contributed by atoms with Crippen molar-refractivity contribution in [3.8, 4) is 0 Å². The molecule has 3 N–H and O–H groups in total. The first kappa shape index (κ1) is 12.3. The smallest absolute Gasteiger partial charge is 0.373 e. The molecular formula is C6H12O7. The molecule has 1 atom stereocenters. The number of carboxylic acids is 1. The Morgan fingerprint density at radius 2 is 1.46 bits per heavy atom. The minimum Gasteiger partial charge on any atom is -0.477 e. The van der Waals surface area contributed by atoms with Gasteiger partial charge in [-0.05, 0) is 0 Å². The molecular weight excluding hydrogens is 184 g/mol. The summed E-state index contributed by atoms with van der Waals surface area (Å²) < 4.78 is 12.8. The highest BCUT2D eigenvalue weighted by molar-refractivity contribution is 5.76. The van der Waals surface area contributed by atoms with Gasteiger partial charge in [-0.15, -0.1) is 0 Å². The van der Waals surface area contributed by atoms with Crippen molar-refractivity contribution in [2.24, 2.45) is 0 Å². The zero-order valence-corrected chi connectivity index (χ0v) is 7.47. The van der Waals surface area contributed by atoms with E-state index in [0.29, 0.717) is 0 Å². The second-order valence-corrected chi connectivity index (χ2v) is 2.14. The van der Waals surface area contributed by atoms with Gasteiger partial charge in [0.25, 0.3) is 0 Å². The standard InChI is InChI=1S/C6H12O7/c1-11-5(9,4(7)8)6(10,12-2)13-3/h9-10H,1-3H3,(H,7,8). The third-order valence-electron chi connectivity index (χ3n) is 1.57. The molecule has 0 rings (SSSR count). The van der Waals surface area contributed by atoms with Crippen LogP contribution in [0.25, 0.3) is 0 Å². The monoisotopic (exact) mass is 196 g/mol. The Labute approximate surface area is 74.4 Å². The van der Waals surface area contributed by atoms with Crippen molar-refractivity contribution >= 4 is 5.97 Å². The molecule has 0 aromatic carbocycles. The third-order valence-corrected chi connectivity index (χ3v) is 1.57. The van der Waals surface area contributed by atoms with Gasteiger partial charge in [0.1, 0.15) is 0 Å². The number of ether oxygens (including phenoxy) is 3. The van der Waals surface area contributed by atoms with Crippen LogP contribution < -0.4 is 0 Å². The molecule has 0 saturated carbocycles. The van der Waals surface area contributed by atoms with Crippen LogP contribution in [-0.2, 0) is 19.0 Å². The van der Waals surface area contributed by atoms with Gasteiger partial charge in [0.15, 0.2) is 0 Å². The lowest BCUT2D eigenvalue weighted by Crippen LogP contribution is -2.62. The fraction of sp³-hybridized carbons (Fsp3) is 0.833. The van der Waals surface area contributed by atoms with E-state index in [1.165, 1.54) is 0 Å². The van der Waals surface area contributed by atoms with E-state index in [1.54, 1.807) is 0 Å². The first-order chi connectivity index (χ1) is 5.88. The Bertz CT molecular complexity index is 187. The van der Waals surface area contributed by atoms with Crippen LogP contribution in [0.2, 0.25) is 0 Å². The third kappa shape index (κ3) is 1.79. The van der Waals surface area contributed by atoms with E-state index in [4.69, 9.17) is 5.11 Å². The predicted octanol–water partition coefficient (Wildman–Crippen LogP) is -1.66. The highest BCUT2D eigenvalue weighted by atomic mass is 16.9. The topological polar surface area (TPSA) is 105 Å². The number of hydrogen-bond acceptors (Lipinski definition) is 6. The van der Waals surface area contributed by atoms with E-state index in [-0.39, 0.29) is 0 Å². The molecule has 0 heterocycles. The maximum Gasteiger partial charge on any atom is 0.373 e. The largest absolute Gasteiger partial charge is 0.477 e. The van der Waals surface area contributed by atoms with Crippen LogP contribution in [0.5, 0.6) is 0 Å². The first-order valence-corrected chi connectivity index (χ1v) is 3.21. The van der Waals surface area contributed by atoms with E-state index >= 15 is 0 Å². The van der Waals surface area contributed by atoms with Crippen LogP contribution in [0, 0.1) is 0 Å². The van der Waals surface area contributed by atoms with Crippen LogP contribution >= 0.6 is 0 Å². The molecule has 0 spiro atoms. The van der Waals surface area contributed by atoms with Crippen LogP contribution in [0.3, 0.4) is 0 Å². The average Bonchev–Trinajstić information content (AvgIpc) is 2.14. The van der Waals surface area contributed by atoms with Crippen molar-refractivity contribution in [2.45, 2.75) is 11.8 Å². The van der Waals surface area contributed by atoms with Gasteiger partial charge in [-0.3, -0.25) is 0 Å². The van der Waals surface area contributed by atoms with Gasteiger partial charge < -0.3 is 29.5 Å². The van der Waals surface area contributed by atoms with Crippen LogP contribution in [-0.4, -0.2) is 54.4 Å². The SMILES string of the molecule is COC(O)(OC)C(O)(OC)C(=O)O. The van der Waals surface area contributed by atoms with Crippen molar-refractivity contribution in [3.63, 3.8) is 0 Å². The van der Waals surface area contributed by atoms with Crippen LogP contribution in [0.4, 0.5) is 0 Å². The van der Waals surface area contributed by atoms with Crippen LogP contribution in [0.15, 0.2) is 0 Å². The molecule has 0 aliphatic heterocycles. The van der Waals surface area contributed by atoms with E-state index in [1.807, 2.05) is 0 Å². The van der Waals surface area contributed by atoms with Crippen molar-refractivity contribution in [3.05, 3.63) is 0 Å². The van der Waals surface area contributed by atoms with E-state index in [9.17, 15) is 15.0 Å². The minimum atomic E-state index is -2.98. The number of carboxylic acid groups (broad SMARTS) is 1. The Hall–Kier alpha value is -0.730. The summed E-state index contributed by atoms with van der Waals surface area (Å²) in [5.41, 5.74) is 0. The lowest BCUT2D eigenvalue weighted by atomic mass is 10.2. The maximum atomic E-state index is 10.5. The summed E-state index contributed by atoms with van der Waals surface area (Å²) in [6, 6.07) is 0. The number of rotatable bonds is 5. The maximum absolute atomic E-state index is 10.5. The summed E-state index contributed by atoms with van der Waals surface area (Å²) in [5, 5.41) is 27.1. The number of methoxy groups -OCH3 is 3. The lowest BCUT2D eigenvalue weighted by molar-refractivity contribution is -0.451. The van der Waals surface area contributed by atoms with Gasteiger partial charge in [0.05, 0.1) is 0 Å². The molecule has 0 fully saturated rings. The van der Waals surface area contributed by atoms with Crippen molar-refractivity contribution in [1.29, 1.82) is 0 Å². The number of aliphatic carboxylic acids is 1. The second kappa shape index (κ2) is 3.99. The molecule has 0 bridgehead atoms. The molecule has 0 aromatic heterocycles. The molecule has 0 radical (unpaired) electrons. The van der Waals surface area contributed by atoms with Gasteiger partial charge in [-0.1, -0.05) is 0 Å². The Balaban J connectivity index is 5.03. The summed E-state index contributed by atoms with van der Waals surface area (Å²) in [7, 11) is 2.80. The van der Waals surface area contributed by atoms with Gasteiger partial charge in [0.2, 0.25) is 0 Å². The van der Waals surface area contributed by atoms with Crippen LogP contribution in [0.1, 0.15) is 0 Å². The van der Waals surface area contributed by atoms with Gasteiger partial charge in [-0.25, -0.2) is 4.79 Å². The predicted molar refractivity (Wildman–Crippen MR) is 38.6 cm³/mol. The second-order valence-electron chi connectivity index (χ2n) is 2.14. The molecule has 0 aliphatic carbocycles. The summed E-state index contributed by atoms with van der Waals surface area (Å²) in [6.07, 6.45) is 0. The fourth-order valence-electron chi connectivity index (χ4n) is 0.711. The normalized spacial score (nSPS) is 16.7. The van der Waals surface area contributed by atoms with E-state index in [2.05, 4.69) is 14.2 Å². The van der Waals surface area contributed by atoms with E-state index in [0.717, 1.165) is 21.3 Å². The highest BCUT2D eigenvalue weighted by Gasteiger charge is 2.59. The van der Waals surface area contributed by atoms with Crippen molar-refractivity contribution in [2.75, 3.05) is 21.3 Å². The molecule has 13 heavy (non-hydrogen) atoms. The Kier molecular flexibility index (Phi) is 3.76. The first-order valence-electron chi connectivity index (χ1n) is 3.21. The summed E-state index contributed by atoms with van der Waals surface area (Å²) in [5.74, 6) is -7.56. The summed E-state index contributed by atoms with van der Waals surface area (Å²) in [6.45, 7) is 0. The molecule has 0 aromatic rings. The lowest BCUT2D eigenvalue weighted by Gasteiger charge is -2.35. The van der Waals surface area contributed by atoms with Crippen molar-refractivity contribution < 1.29 is 34.3 Å². The Morgan fingerprint density at radius 3 is 1.54 bits per heavy atom. The number of hydrogen-bond donors (Lipinski definition) is 3. The van der Waals surface area contributed by atoms with Gasteiger partial charge >= 0.3 is 17.7 Å². The van der Waals surface area contributed by atoms with Gasteiger partial charge in [-0.2, -0.15) is 0 Å². The Morgan fingerprint density at radius 1 is 1.08 bits per heavy atom. The molecule has 0 aliphatic rings. The molecule has 1 unspecified atom stereocenters. The fourth-order valence-corrected chi connectivity index (χ4v) is 0.711. The number of carbonyl (C=O) groups is 1. The summed E-state index contributed by atoms with van der Waals surface area (Å²) in [4.78, 5) is 10.5. The summed E-state index contributed by atoms with van der Waals surface area (Å²) >= 11 is 0. The zero-order chi connectivity index (χ0) is 10.7. The number of aliphatic hydroxyl groups is 2. The molecule has 7 heteroatoms. The molecule has 0 saturated heterocycles. The molecule has 78 valence electrons. The highest BCUT2D eigenvalue weighted by Crippen LogP contribution is 2.25. The molecule has 0 amide bonds. The van der Waals surface area contributed by atoms with Gasteiger partial charge in [0, 0.05) is 21.3 Å². The van der Waals surface area contributed by atoms with E-state index < -0.39 is 17.7 Å².